The number of hydrogen-bond donors (Lipinski definition) is 1. The number of aliphatic hydroxyl groups is 1. The van der Waals surface area contributed by atoms with Gasteiger partial charge in [0.2, 0.25) is 0 Å². The number of amides is 1. The first kappa shape index (κ1) is 21.8. The molecule has 2 aromatic carbocycles. The number of carbonyl (C=O) groups excluding carboxylic acids is 2. The molecule has 3 rings (SSSR count). The number of hydrogen-bond acceptors (Lipinski definition) is 3. The van der Waals surface area contributed by atoms with Crippen LogP contribution in [0.2, 0.25) is 0 Å². The molecule has 4 nitrogen and oxygen atoms in total. The van der Waals surface area contributed by atoms with Crippen molar-refractivity contribution in [3.63, 3.8) is 0 Å². The van der Waals surface area contributed by atoms with Crippen molar-refractivity contribution in [1.82, 2.24) is 4.90 Å². The van der Waals surface area contributed by atoms with E-state index < -0.39 is 17.7 Å². The smallest absolute Gasteiger partial charge is 0.290 e. The average molecular weight is 410 g/mol. The van der Waals surface area contributed by atoms with Crippen LogP contribution in [0.15, 0.2) is 59.9 Å². The fourth-order valence-corrected chi connectivity index (χ4v) is 3.77. The number of Topliss-reactive ketones (excluding diaryl/α,β-unsaturated/α-hetero) is 1. The minimum absolute atomic E-state index is 0.0215. The number of nitrogens with zero attached hydrogens (tertiary/aromatic N) is 1. The lowest BCUT2D eigenvalue weighted by atomic mass is 9.85. The van der Waals surface area contributed by atoms with E-state index in [4.69, 9.17) is 0 Å². The maximum Gasteiger partial charge on any atom is 0.290 e. The van der Waals surface area contributed by atoms with Crippen molar-refractivity contribution in [1.29, 1.82) is 0 Å². The molecule has 1 aliphatic heterocycles. The summed E-state index contributed by atoms with van der Waals surface area (Å²) in [7, 11) is 0. The summed E-state index contributed by atoms with van der Waals surface area (Å²) in [5, 5.41) is 10.5. The standard InChI is InChI=1S/C25H28FNO3/c1-5-20(28)21-22(17-8-10-18(11-9-17)25(2,3)4)27(24(30)23(21)29)15-14-16-6-12-19(26)13-7-16/h6-13,22,29H,5,14-15H2,1-4H3. The van der Waals surface area contributed by atoms with Crippen molar-refractivity contribution < 1.29 is 19.1 Å². The van der Waals surface area contributed by atoms with Crippen LogP contribution in [0.25, 0.3) is 0 Å². The van der Waals surface area contributed by atoms with Crippen LogP contribution < -0.4 is 0 Å². The van der Waals surface area contributed by atoms with E-state index in [2.05, 4.69) is 20.8 Å². The van der Waals surface area contributed by atoms with Gasteiger partial charge in [-0.2, -0.15) is 0 Å². The number of carbonyl (C=O) groups is 2. The molecule has 1 aliphatic rings. The van der Waals surface area contributed by atoms with Crippen LogP contribution in [0, 0.1) is 5.82 Å². The monoisotopic (exact) mass is 409 g/mol. The molecule has 158 valence electrons. The zero-order valence-electron chi connectivity index (χ0n) is 17.9. The Kier molecular flexibility index (Phi) is 6.11. The van der Waals surface area contributed by atoms with E-state index in [9.17, 15) is 19.1 Å². The van der Waals surface area contributed by atoms with Crippen LogP contribution in [0.3, 0.4) is 0 Å². The predicted molar refractivity (Wildman–Crippen MR) is 115 cm³/mol. The minimum atomic E-state index is -0.626. The third kappa shape index (κ3) is 4.30. The zero-order valence-corrected chi connectivity index (χ0v) is 17.9. The molecule has 0 saturated carbocycles. The molecular weight excluding hydrogens is 381 g/mol. The van der Waals surface area contributed by atoms with Crippen LogP contribution in [-0.2, 0) is 21.4 Å². The molecule has 1 atom stereocenters. The number of ketones is 1. The number of rotatable bonds is 6. The van der Waals surface area contributed by atoms with Gasteiger partial charge in [0.05, 0.1) is 11.6 Å². The molecule has 0 aromatic heterocycles. The number of halogens is 1. The van der Waals surface area contributed by atoms with E-state index in [0.29, 0.717) is 13.0 Å². The highest BCUT2D eigenvalue weighted by Crippen LogP contribution is 2.39. The SMILES string of the molecule is CCC(=O)C1=C(O)C(=O)N(CCc2ccc(F)cc2)C1c1ccc(C(C)(C)C)cc1. The van der Waals surface area contributed by atoms with Crippen LogP contribution in [0.4, 0.5) is 4.39 Å². The molecule has 1 unspecified atom stereocenters. The van der Waals surface area contributed by atoms with Gasteiger partial charge in [-0.05, 0) is 40.7 Å². The van der Waals surface area contributed by atoms with Gasteiger partial charge in [0.25, 0.3) is 5.91 Å². The Hall–Kier alpha value is -2.95. The Bertz CT molecular complexity index is 969. The highest BCUT2D eigenvalue weighted by Gasteiger charge is 2.42. The van der Waals surface area contributed by atoms with Crippen LogP contribution in [0.5, 0.6) is 0 Å². The Balaban J connectivity index is 1.95. The Morgan fingerprint density at radius 1 is 1.07 bits per heavy atom. The molecule has 0 bridgehead atoms. The molecule has 0 radical (unpaired) electrons. The maximum atomic E-state index is 13.2. The molecule has 30 heavy (non-hydrogen) atoms. The topological polar surface area (TPSA) is 57.6 Å². The summed E-state index contributed by atoms with van der Waals surface area (Å²) >= 11 is 0. The van der Waals surface area contributed by atoms with Crippen molar-refractivity contribution in [2.24, 2.45) is 0 Å². The number of benzene rings is 2. The lowest BCUT2D eigenvalue weighted by Gasteiger charge is -2.28. The van der Waals surface area contributed by atoms with E-state index in [-0.39, 0.29) is 29.0 Å². The molecule has 1 heterocycles. The fraction of sp³-hybridized carbons (Fsp3) is 0.360. The van der Waals surface area contributed by atoms with E-state index in [1.807, 2.05) is 24.3 Å². The van der Waals surface area contributed by atoms with Gasteiger partial charge >= 0.3 is 0 Å². The summed E-state index contributed by atoms with van der Waals surface area (Å²) < 4.78 is 13.2. The second-order valence-corrected chi connectivity index (χ2v) is 8.69. The van der Waals surface area contributed by atoms with E-state index in [1.165, 1.54) is 17.0 Å². The third-order valence-corrected chi connectivity index (χ3v) is 5.57. The molecule has 5 heteroatoms. The highest BCUT2D eigenvalue weighted by molar-refractivity contribution is 6.08. The number of aliphatic hydroxyl groups excluding tert-OH is 1. The van der Waals surface area contributed by atoms with Crippen molar-refractivity contribution in [2.75, 3.05) is 6.54 Å². The van der Waals surface area contributed by atoms with Gasteiger partial charge in [-0.3, -0.25) is 9.59 Å². The van der Waals surface area contributed by atoms with Crippen LogP contribution >= 0.6 is 0 Å². The van der Waals surface area contributed by atoms with Crippen LogP contribution in [0.1, 0.15) is 56.8 Å². The summed E-state index contributed by atoms with van der Waals surface area (Å²) in [4.78, 5) is 27.0. The Morgan fingerprint density at radius 3 is 2.20 bits per heavy atom. The summed E-state index contributed by atoms with van der Waals surface area (Å²) in [5.41, 5.74) is 2.94. The molecule has 0 saturated heterocycles. The van der Waals surface area contributed by atoms with Crippen molar-refractivity contribution >= 4 is 11.7 Å². The van der Waals surface area contributed by atoms with Gasteiger partial charge < -0.3 is 10.0 Å². The van der Waals surface area contributed by atoms with Gasteiger partial charge in [0.15, 0.2) is 11.5 Å². The molecule has 0 spiro atoms. The first-order valence-corrected chi connectivity index (χ1v) is 10.3. The van der Waals surface area contributed by atoms with Gasteiger partial charge in [-0.1, -0.05) is 64.1 Å². The first-order valence-electron chi connectivity index (χ1n) is 10.3. The fourth-order valence-electron chi connectivity index (χ4n) is 3.77. The zero-order chi connectivity index (χ0) is 22.1. The van der Waals surface area contributed by atoms with Gasteiger partial charge in [-0.15, -0.1) is 0 Å². The Labute approximate surface area is 177 Å². The summed E-state index contributed by atoms with van der Waals surface area (Å²) in [5.74, 6) is -1.57. The molecule has 1 N–H and O–H groups in total. The van der Waals surface area contributed by atoms with Crippen LogP contribution in [-0.4, -0.2) is 28.2 Å². The third-order valence-electron chi connectivity index (χ3n) is 5.57. The summed E-state index contributed by atoms with van der Waals surface area (Å²) in [6.07, 6.45) is 0.693. The maximum absolute atomic E-state index is 13.2. The summed E-state index contributed by atoms with van der Waals surface area (Å²) in [6.45, 7) is 8.38. The van der Waals surface area contributed by atoms with E-state index in [0.717, 1.165) is 16.7 Å². The average Bonchev–Trinajstić information content (AvgIpc) is 2.97. The Morgan fingerprint density at radius 2 is 1.67 bits per heavy atom. The summed E-state index contributed by atoms with van der Waals surface area (Å²) in [6, 6.07) is 13.3. The van der Waals surface area contributed by atoms with Gasteiger partial charge in [-0.25, -0.2) is 4.39 Å². The van der Waals surface area contributed by atoms with E-state index >= 15 is 0 Å². The van der Waals surface area contributed by atoms with E-state index in [1.54, 1.807) is 19.1 Å². The lowest BCUT2D eigenvalue weighted by molar-refractivity contribution is -0.129. The first-order chi connectivity index (χ1) is 14.1. The van der Waals surface area contributed by atoms with Crippen molar-refractivity contribution in [2.45, 2.75) is 52.0 Å². The lowest BCUT2D eigenvalue weighted by Crippen LogP contribution is -2.33. The predicted octanol–water partition coefficient (Wildman–Crippen LogP) is 5.04. The molecule has 1 amide bonds. The van der Waals surface area contributed by atoms with Gasteiger partial charge in [0.1, 0.15) is 5.82 Å². The largest absolute Gasteiger partial charge is 0.503 e. The normalized spacial score (nSPS) is 17.0. The molecule has 2 aromatic rings. The minimum Gasteiger partial charge on any atom is -0.503 e. The highest BCUT2D eigenvalue weighted by atomic mass is 19.1. The molecular formula is C25H28FNO3. The molecule has 0 aliphatic carbocycles. The second kappa shape index (κ2) is 8.42. The van der Waals surface area contributed by atoms with Crippen molar-refractivity contribution in [3.8, 4) is 0 Å². The second-order valence-electron chi connectivity index (χ2n) is 8.69. The van der Waals surface area contributed by atoms with Crippen molar-refractivity contribution in [3.05, 3.63) is 82.4 Å². The van der Waals surface area contributed by atoms with Gasteiger partial charge in [0, 0.05) is 13.0 Å². The quantitative estimate of drug-likeness (QED) is 0.727. The molecule has 0 fully saturated rings.